The first kappa shape index (κ1) is 14.4. The van der Waals surface area contributed by atoms with Crippen molar-refractivity contribution in [3.63, 3.8) is 0 Å². The van der Waals surface area contributed by atoms with E-state index in [1.165, 1.54) is 0 Å². The van der Waals surface area contributed by atoms with E-state index in [2.05, 4.69) is 5.32 Å². The minimum Gasteiger partial charge on any atom is -0.482 e. The van der Waals surface area contributed by atoms with Crippen molar-refractivity contribution < 1.29 is 19.1 Å². The zero-order chi connectivity index (χ0) is 14.4. The van der Waals surface area contributed by atoms with Crippen LogP contribution in [0.25, 0.3) is 0 Å². The number of rotatable bonds is 6. The summed E-state index contributed by atoms with van der Waals surface area (Å²) in [5.74, 6) is 0.318. The van der Waals surface area contributed by atoms with Crippen LogP contribution in [-0.2, 0) is 14.3 Å². The summed E-state index contributed by atoms with van der Waals surface area (Å²) in [5.41, 5.74) is 0.684. The Morgan fingerprint density at radius 2 is 2.15 bits per heavy atom. The summed E-state index contributed by atoms with van der Waals surface area (Å²) in [5, 5.41) is 2.86. The van der Waals surface area contributed by atoms with Crippen LogP contribution >= 0.6 is 0 Å². The number of hydrogen-bond acceptors (Lipinski definition) is 4. The molecular formula is C15H19NO4. The Hall–Kier alpha value is -2.04. The molecule has 108 valence electrons. The maximum Gasteiger partial charge on any atom is 0.344 e. The van der Waals surface area contributed by atoms with Gasteiger partial charge in [0, 0.05) is 17.7 Å². The van der Waals surface area contributed by atoms with Crippen LogP contribution in [0.15, 0.2) is 24.3 Å². The van der Waals surface area contributed by atoms with Gasteiger partial charge in [-0.1, -0.05) is 12.5 Å². The summed E-state index contributed by atoms with van der Waals surface area (Å²) < 4.78 is 10.1. The number of esters is 1. The Morgan fingerprint density at radius 3 is 2.80 bits per heavy atom. The third-order valence-electron chi connectivity index (χ3n) is 3.24. The zero-order valence-electron chi connectivity index (χ0n) is 11.6. The van der Waals surface area contributed by atoms with Crippen LogP contribution in [0.5, 0.6) is 5.75 Å². The lowest BCUT2D eigenvalue weighted by atomic mass is 9.85. The standard InChI is InChI=1S/C15H19NO4/c1-2-19-14(17)10-20-13-8-4-7-12(9-13)16-15(18)11-5-3-6-11/h4,7-9,11H,2-3,5-6,10H2,1H3,(H,16,18). The number of amides is 1. The van der Waals surface area contributed by atoms with Crippen molar-refractivity contribution >= 4 is 17.6 Å². The molecule has 5 heteroatoms. The van der Waals surface area contributed by atoms with Gasteiger partial charge in [-0.25, -0.2) is 4.79 Å². The predicted molar refractivity (Wildman–Crippen MR) is 74.5 cm³/mol. The normalized spacial score (nSPS) is 14.2. The van der Waals surface area contributed by atoms with E-state index in [4.69, 9.17) is 9.47 Å². The van der Waals surface area contributed by atoms with E-state index in [0.29, 0.717) is 18.0 Å². The lowest BCUT2D eigenvalue weighted by Gasteiger charge is -2.24. The molecule has 0 atom stereocenters. The molecule has 5 nitrogen and oxygen atoms in total. The highest BCUT2D eigenvalue weighted by molar-refractivity contribution is 5.93. The monoisotopic (exact) mass is 277 g/mol. The van der Waals surface area contributed by atoms with E-state index in [1.807, 2.05) is 0 Å². The van der Waals surface area contributed by atoms with Crippen LogP contribution in [0.4, 0.5) is 5.69 Å². The van der Waals surface area contributed by atoms with Crippen molar-refractivity contribution in [3.8, 4) is 5.75 Å². The number of carbonyl (C=O) groups is 2. The number of ether oxygens (including phenoxy) is 2. The van der Waals surface area contributed by atoms with Crippen molar-refractivity contribution in [2.24, 2.45) is 5.92 Å². The van der Waals surface area contributed by atoms with Gasteiger partial charge < -0.3 is 14.8 Å². The molecule has 1 fully saturated rings. The Balaban J connectivity index is 1.86. The van der Waals surface area contributed by atoms with Crippen molar-refractivity contribution in [2.75, 3.05) is 18.5 Å². The van der Waals surface area contributed by atoms with E-state index in [0.717, 1.165) is 19.3 Å². The van der Waals surface area contributed by atoms with Gasteiger partial charge in [0.2, 0.25) is 5.91 Å². The quantitative estimate of drug-likeness (QED) is 0.811. The van der Waals surface area contributed by atoms with Crippen molar-refractivity contribution in [2.45, 2.75) is 26.2 Å². The first-order valence-corrected chi connectivity index (χ1v) is 6.88. The highest BCUT2D eigenvalue weighted by atomic mass is 16.6. The van der Waals surface area contributed by atoms with Crippen LogP contribution < -0.4 is 10.1 Å². The van der Waals surface area contributed by atoms with E-state index < -0.39 is 5.97 Å². The second-order valence-corrected chi connectivity index (χ2v) is 4.74. The van der Waals surface area contributed by atoms with Gasteiger partial charge in [0.1, 0.15) is 5.75 Å². The van der Waals surface area contributed by atoms with Gasteiger partial charge in [-0.15, -0.1) is 0 Å². The maximum absolute atomic E-state index is 11.8. The molecular weight excluding hydrogens is 258 g/mol. The van der Waals surface area contributed by atoms with E-state index in [9.17, 15) is 9.59 Å². The van der Waals surface area contributed by atoms with Gasteiger partial charge in [0.15, 0.2) is 6.61 Å². The average Bonchev–Trinajstić information content (AvgIpc) is 2.35. The molecule has 0 bridgehead atoms. The van der Waals surface area contributed by atoms with E-state index in [-0.39, 0.29) is 18.4 Å². The van der Waals surface area contributed by atoms with Crippen LogP contribution in [-0.4, -0.2) is 25.1 Å². The summed E-state index contributed by atoms with van der Waals surface area (Å²) in [6.45, 7) is 1.95. The van der Waals surface area contributed by atoms with Crippen LogP contribution in [0.3, 0.4) is 0 Å². The largest absolute Gasteiger partial charge is 0.482 e. The number of carbonyl (C=O) groups excluding carboxylic acids is 2. The molecule has 0 saturated heterocycles. The van der Waals surface area contributed by atoms with Crippen molar-refractivity contribution in [1.29, 1.82) is 0 Å². The Morgan fingerprint density at radius 1 is 1.35 bits per heavy atom. The molecule has 1 aliphatic carbocycles. The summed E-state index contributed by atoms with van der Waals surface area (Å²) in [6, 6.07) is 7.01. The first-order chi connectivity index (χ1) is 9.69. The molecule has 1 aromatic carbocycles. The molecule has 0 spiro atoms. The van der Waals surface area contributed by atoms with E-state index in [1.54, 1.807) is 31.2 Å². The smallest absolute Gasteiger partial charge is 0.344 e. The lowest BCUT2D eigenvalue weighted by molar-refractivity contribution is -0.145. The van der Waals surface area contributed by atoms with Crippen molar-refractivity contribution in [1.82, 2.24) is 0 Å². The molecule has 0 unspecified atom stereocenters. The summed E-state index contributed by atoms with van der Waals surface area (Å²) >= 11 is 0. The molecule has 1 saturated carbocycles. The van der Waals surface area contributed by atoms with Gasteiger partial charge in [-0.05, 0) is 31.9 Å². The number of nitrogens with one attached hydrogen (secondary N) is 1. The fourth-order valence-electron chi connectivity index (χ4n) is 1.92. The highest BCUT2D eigenvalue weighted by Gasteiger charge is 2.25. The minimum atomic E-state index is -0.406. The lowest BCUT2D eigenvalue weighted by Crippen LogP contribution is -2.28. The third kappa shape index (κ3) is 3.98. The molecule has 1 aromatic rings. The molecule has 1 aliphatic rings. The van der Waals surface area contributed by atoms with Crippen LogP contribution in [0, 0.1) is 5.92 Å². The average molecular weight is 277 g/mol. The molecule has 1 amide bonds. The fourth-order valence-corrected chi connectivity index (χ4v) is 1.92. The van der Waals surface area contributed by atoms with Gasteiger partial charge in [-0.3, -0.25) is 4.79 Å². The van der Waals surface area contributed by atoms with Gasteiger partial charge in [-0.2, -0.15) is 0 Å². The third-order valence-corrected chi connectivity index (χ3v) is 3.24. The number of hydrogen-bond donors (Lipinski definition) is 1. The predicted octanol–water partition coefficient (Wildman–Crippen LogP) is 2.37. The second-order valence-electron chi connectivity index (χ2n) is 4.74. The first-order valence-electron chi connectivity index (χ1n) is 6.88. The number of benzene rings is 1. The maximum atomic E-state index is 11.8. The summed E-state index contributed by atoms with van der Waals surface area (Å²) in [4.78, 5) is 23.0. The zero-order valence-corrected chi connectivity index (χ0v) is 11.6. The van der Waals surface area contributed by atoms with Gasteiger partial charge >= 0.3 is 5.97 Å². The van der Waals surface area contributed by atoms with Crippen LogP contribution in [0.2, 0.25) is 0 Å². The number of anilines is 1. The molecule has 2 rings (SSSR count). The Kier molecular flexibility index (Phi) is 4.98. The molecule has 0 heterocycles. The minimum absolute atomic E-state index is 0.0544. The molecule has 1 N–H and O–H groups in total. The second kappa shape index (κ2) is 6.93. The SMILES string of the molecule is CCOC(=O)COc1cccc(NC(=O)C2CCC2)c1. The molecule has 0 aromatic heterocycles. The molecule has 0 radical (unpaired) electrons. The Bertz CT molecular complexity index is 483. The fraction of sp³-hybridized carbons (Fsp3) is 0.467. The molecule has 0 aliphatic heterocycles. The summed E-state index contributed by atoms with van der Waals surface area (Å²) in [7, 11) is 0. The van der Waals surface area contributed by atoms with Crippen LogP contribution in [0.1, 0.15) is 26.2 Å². The topological polar surface area (TPSA) is 64.6 Å². The highest BCUT2D eigenvalue weighted by Crippen LogP contribution is 2.28. The van der Waals surface area contributed by atoms with E-state index >= 15 is 0 Å². The van der Waals surface area contributed by atoms with Gasteiger partial charge in [0.05, 0.1) is 6.61 Å². The summed E-state index contributed by atoms with van der Waals surface area (Å²) in [6.07, 6.45) is 3.05. The van der Waals surface area contributed by atoms with Gasteiger partial charge in [0.25, 0.3) is 0 Å². The Labute approximate surface area is 118 Å². The van der Waals surface area contributed by atoms with Crippen molar-refractivity contribution in [3.05, 3.63) is 24.3 Å². The molecule has 20 heavy (non-hydrogen) atoms.